The fourth-order valence-electron chi connectivity index (χ4n) is 2.37. The number of pyridine rings is 1. The summed E-state index contributed by atoms with van der Waals surface area (Å²) in [5.41, 5.74) is 0.212. The number of hydrogen-bond acceptors (Lipinski definition) is 3. The van der Waals surface area contributed by atoms with Gasteiger partial charge >= 0.3 is 6.18 Å². The maximum Gasteiger partial charge on any atom is 0.433 e. The predicted molar refractivity (Wildman–Crippen MR) is 67.2 cm³/mol. The molecule has 1 aliphatic heterocycles. The normalized spacial score (nSPS) is 18.6. The van der Waals surface area contributed by atoms with E-state index < -0.39 is 11.9 Å². The number of nitrogens with one attached hydrogen (secondary N) is 1. The lowest BCUT2D eigenvalue weighted by Gasteiger charge is -2.25. The van der Waals surface area contributed by atoms with Crippen LogP contribution in [0.25, 0.3) is 0 Å². The molecule has 2 aromatic rings. The van der Waals surface area contributed by atoms with E-state index in [0.717, 1.165) is 31.1 Å². The molecule has 1 unspecified atom stereocenters. The number of alkyl halides is 3. The van der Waals surface area contributed by atoms with Crippen molar-refractivity contribution in [1.82, 2.24) is 14.8 Å². The first kappa shape index (κ1) is 13.0. The summed E-state index contributed by atoms with van der Waals surface area (Å²) in [6, 6.07) is 5.90. The van der Waals surface area contributed by atoms with Gasteiger partial charge in [-0.3, -0.25) is 4.68 Å². The molecule has 0 radical (unpaired) electrons. The number of fused-ring (bicyclic) bond motifs is 1. The molecule has 3 heterocycles. The highest BCUT2D eigenvalue weighted by atomic mass is 19.4. The van der Waals surface area contributed by atoms with Crippen molar-refractivity contribution in [2.75, 3.05) is 5.32 Å². The summed E-state index contributed by atoms with van der Waals surface area (Å²) in [6.07, 6.45) is -1.13. The molecule has 0 bridgehead atoms. The van der Waals surface area contributed by atoms with Gasteiger partial charge in [-0.2, -0.15) is 18.3 Å². The monoisotopic (exact) mass is 282 g/mol. The van der Waals surface area contributed by atoms with E-state index in [0.29, 0.717) is 0 Å². The second kappa shape index (κ2) is 4.81. The zero-order chi connectivity index (χ0) is 14.2. The fraction of sp³-hybridized carbons (Fsp3) is 0.385. The molecule has 106 valence electrons. The van der Waals surface area contributed by atoms with Crippen molar-refractivity contribution >= 4 is 5.82 Å². The van der Waals surface area contributed by atoms with Gasteiger partial charge in [-0.25, -0.2) is 4.98 Å². The number of anilines is 1. The van der Waals surface area contributed by atoms with Crippen molar-refractivity contribution in [3.63, 3.8) is 0 Å². The SMILES string of the molecule is FC(F)(F)c1cccc(NC2CCn3nccc3C2)n1. The smallest absolute Gasteiger partial charge is 0.367 e. The van der Waals surface area contributed by atoms with Gasteiger partial charge in [0, 0.05) is 30.9 Å². The Labute approximate surface area is 113 Å². The van der Waals surface area contributed by atoms with E-state index >= 15 is 0 Å². The Bertz CT molecular complexity index is 606. The van der Waals surface area contributed by atoms with Crippen molar-refractivity contribution in [3.05, 3.63) is 41.9 Å². The number of rotatable bonds is 2. The van der Waals surface area contributed by atoms with Gasteiger partial charge in [0.05, 0.1) is 0 Å². The Morgan fingerprint density at radius 1 is 1.25 bits per heavy atom. The summed E-state index contributed by atoms with van der Waals surface area (Å²) in [6.45, 7) is 0.763. The van der Waals surface area contributed by atoms with Crippen LogP contribution in [0.15, 0.2) is 30.5 Å². The van der Waals surface area contributed by atoms with E-state index in [2.05, 4.69) is 15.4 Å². The van der Waals surface area contributed by atoms with E-state index in [1.165, 1.54) is 6.07 Å². The van der Waals surface area contributed by atoms with Crippen LogP contribution in [0.2, 0.25) is 0 Å². The van der Waals surface area contributed by atoms with Gasteiger partial charge in [0.25, 0.3) is 0 Å². The highest BCUT2D eigenvalue weighted by molar-refractivity contribution is 5.37. The number of halogens is 3. The van der Waals surface area contributed by atoms with Gasteiger partial charge in [0.1, 0.15) is 11.5 Å². The summed E-state index contributed by atoms with van der Waals surface area (Å²) < 4.78 is 39.7. The van der Waals surface area contributed by atoms with Crippen molar-refractivity contribution < 1.29 is 13.2 Å². The predicted octanol–water partition coefficient (Wildman–Crippen LogP) is 2.72. The van der Waals surface area contributed by atoms with Crippen LogP contribution in [0, 0.1) is 0 Å². The molecule has 0 saturated heterocycles. The standard InChI is InChI=1S/C13H13F3N4/c14-13(15,16)11-2-1-3-12(19-11)18-9-5-7-20-10(8-9)4-6-17-20/h1-4,6,9H,5,7-8H2,(H,18,19). The molecule has 3 rings (SSSR count). The summed E-state index contributed by atoms with van der Waals surface area (Å²) >= 11 is 0. The van der Waals surface area contributed by atoms with Gasteiger partial charge in [-0.1, -0.05) is 6.07 Å². The second-order valence-electron chi connectivity index (χ2n) is 4.79. The Balaban J connectivity index is 1.73. The molecule has 0 amide bonds. The van der Waals surface area contributed by atoms with Crippen molar-refractivity contribution in [1.29, 1.82) is 0 Å². The lowest BCUT2D eigenvalue weighted by atomic mass is 10.0. The maximum atomic E-state index is 12.6. The summed E-state index contributed by atoms with van der Waals surface area (Å²) in [5.74, 6) is 0.262. The number of aromatic nitrogens is 3. The van der Waals surface area contributed by atoms with Gasteiger partial charge in [0.2, 0.25) is 0 Å². The van der Waals surface area contributed by atoms with Crippen LogP contribution >= 0.6 is 0 Å². The zero-order valence-corrected chi connectivity index (χ0v) is 10.6. The van der Waals surface area contributed by atoms with E-state index in [4.69, 9.17) is 0 Å². The number of aryl methyl sites for hydroxylation is 1. The van der Waals surface area contributed by atoms with Crippen LogP contribution in [0.3, 0.4) is 0 Å². The minimum Gasteiger partial charge on any atom is -0.367 e. The second-order valence-corrected chi connectivity index (χ2v) is 4.79. The van der Waals surface area contributed by atoms with Crippen molar-refractivity contribution in [2.24, 2.45) is 0 Å². The molecule has 0 fully saturated rings. The Morgan fingerprint density at radius 2 is 2.10 bits per heavy atom. The Hall–Kier alpha value is -2.05. The lowest BCUT2D eigenvalue weighted by Crippen LogP contribution is -2.30. The van der Waals surface area contributed by atoms with E-state index in [-0.39, 0.29) is 11.9 Å². The van der Waals surface area contributed by atoms with Gasteiger partial charge in [-0.15, -0.1) is 0 Å². The molecule has 2 aromatic heterocycles. The molecule has 0 aromatic carbocycles. The Morgan fingerprint density at radius 3 is 2.90 bits per heavy atom. The van der Waals surface area contributed by atoms with Crippen LogP contribution in [0.5, 0.6) is 0 Å². The molecule has 0 spiro atoms. The van der Waals surface area contributed by atoms with Gasteiger partial charge in [-0.05, 0) is 24.6 Å². The first-order valence-electron chi connectivity index (χ1n) is 6.34. The maximum absolute atomic E-state index is 12.6. The third-order valence-electron chi connectivity index (χ3n) is 3.34. The molecule has 0 aliphatic carbocycles. The zero-order valence-electron chi connectivity index (χ0n) is 10.6. The highest BCUT2D eigenvalue weighted by Crippen LogP contribution is 2.28. The number of hydrogen-bond donors (Lipinski definition) is 1. The van der Waals surface area contributed by atoms with Crippen molar-refractivity contribution in [3.8, 4) is 0 Å². The first-order chi connectivity index (χ1) is 9.52. The quantitative estimate of drug-likeness (QED) is 0.921. The van der Waals surface area contributed by atoms with Crippen molar-refractivity contribution in [2.45, 2.75) is 31.6 Å². The highest BCUT2D eigenvalue weighted by Gasteiger charge is 2.32. The molecule has 1 atom stereocenters. The van der Waals surface area contributed by atoms with Crippen LogP contribution in [0.4, 0.5) is 19.0 Å². The average molecular weight is 282 g/mol. The van der Waals surface area contributed by atoms with E-state index in [1.807, 2.05) is 10.7 Å². The van der Waals surface area contributed by atoms with Crippen LogP contribution < -0.4 is 5.32 Å². The minimum atomic E-state index is -4.41. The summed E-state index contributed by atoms with van der Waals surface area (Å²) in [4.78, 5) is 3.62. The van der Waals surface area contributed by atoms with Gasteiger partial charge in [0.15, 0.2) is 0 Å². The van der Waals surface area contributed by atoms with E-state index in [1.54, 1.807) is 12.3 Å². The third kappa shape index (κ3) is 2.61. The molecule has 1 N–H and O–H groups in total. The average Bonchev–Trinajstić information content (AvgIpc) is 2.85. The van der Waals surface area contributed by atoms with Crippen LogP contribution in [-0.4, -0.2) is 20.8 Å². The lowest BCUT2D eigenvalue weighted by molar-refractivity contribution is -0.141. The molecule has 4 nitrogen and oxygen atoms in total. The topological polar surface area (TPSA) is 42.7 Å². The Kier molecular flexibility index (Phi) is 3.11. The molecule has 20 heavy (non-hydrogen) atoms. The van der Waals surface area contributed by atoms with Crippen LogP contribution in [-0.2, 0) is 19.1 Å². The molecule has 0 saturated carbocycles. The molecular formula is C13H13F3N4. The summed E-state index contributed by atoms with van der Waals surface area (Å²) in [7, 11) is 0. The largest absolute Gasteiger partial charge is 0.433 e. The van der Waals surface area contributed by atoms with E-state index in [9.17, 15) is 13.2 Å². The minimum absolute atomic E-state index is 0.0789. The van der Waals surface area contributed by atoms with Gasteiger partial charge < -0.3 is 5.32 Å². The first-order valence-corrected chi connectivity index (χ1v) is 6.34. The third-order valence-corrected chi connectivity index (χ3v) is 3.34. The molecular weight excluding hydrogens is 269 g/mol. The molecule has 1 aliphatic rings. The fourth-order valence-corrected chi connectivity index (χ4v) is 2.37. The summed E-state index contributed by atoms with van der Waals surface area (Å²) in [5, 5.41) is 7.24. The number of nitrogens with zero attached hydrogens (tertiary/aromatic N) is 3. The van der Waals surface area contributed by atoms with Crippen LogP contribution in [0.1, 0.15) is 17.8 Å². The molecule has 7 heteroatoms.